The minimum absolute atomic E-state index is 0.0106. The summed E-state index contributed by atoms with van der Waals surface area (Å²) in [7, 11) is 1.96. The summed E-state index contributed by atoms with van der Waals surface area (Å²) in [5.74, 6) is 0.0106. The Balaban J connectivity index is 1.84. The molecule has 4 nitrogen and oxygen atoms in total. The van der Waals surface area contributed by atoms with E-state index in [1.165, 1.54) is 0 Å². The molecule has 0 unspecified atom stereocenters. The van der Waals surface area contributed by atoms with Gasteiger partial charge in [0, 0.05) is 24.3 Å². The lowest BCUT2D eigenvalue weighted by Gasteiger charge is -2.05. The molecular formula is C12H15N3OS. The van der Waals surface area contributed by atoms with Crippen molar-refractivity contribution in [1.29, 1.82) is 0 Å². The molecule has 0 bridgehead atoms. The summed E-state index contributed by atoms with van der Waals surface area (Å²) in [6, 6.07) is 3.96. The van der Waals surface area contributed by atoms with Crippen molar-refractivity contribution in [2.24, 2.45) is 7.05 Å². The number of nitrogens with zero attached hydrogens (tertiary/aromatic N) is 2. The van der Waals surface area contributed by atoms with Crippen molar-refractivity contribution >= 4 is 17.2 Å². The number of aryl methyl sites for hydroxylation is 2. The topological polar surface area (TPSA) is 46.9 Å². The minimum atomic E-state index is 0.0106. The van der Waals surface area contributed by atoms with Gasteiger partial charge in [-0.25, -0.2) is 4.98 Å². The van der Waals surface area contributed by atoms with Crippen LogP contribution >= 0.6 is 11.3 Å². The van der Waals surface area contributed by atoms with Gasteiger partial charge in [0.15, 0.2) is 0 Å². The van der Waals surface area contributed by atoms with E-state index in [2.05, 4.69) is 10.3 Å². The van der Waals surface area contributed by atoms with E-state index < -0.39 is 0 Å². The molecule has 0 aliphatic heterocycles. The van der Waals surface area contributed by atoms with Crippen molar-refractivity contribution in [1.82, 2.24) is 14.9 Å². The molecule has 0 saturated heterocycles. The standard InChI is InChI=1S/C12H15N3OS/c1-9-14-10(8-17-9)6-12(16)13-7-11-4-3-5-15(11)2/h3-5,8H,6-7H2,1-2H3,(H,13,16). The lowest BCUT2D eigenvalue weighted by Crippen LogP contribution is -2.25. The van der Waals surface area contributed by atoms with Gasteiger partial charge in [-0.1, -0.05) is 0 Å². The van der Waals surface area contributed by atoms with Crippen LogP contribution < -0.4 is 5.32 Å². The lowest BCUT2D eigenvalue weighted by atomic mass is 10.3. The van der Waals surface area contributed by atoms with Crippen LogP contribution in [0, 0.1) is 6.92 Å². The first-order chi connectivity index (χ1) is 8.15. The summed E-state index contributed by atoms with van der Waals surface area (Å²) >= 11 is 1.57. The third kappa shape index (κ3) is 3.17. The number of aromatic nitrogens is 2. The lowest BCUT2D eigenvalue weighted by molar-refractivity contribution is -0.120. The summed E-state index contributed by atoms with van der Waals surface area (Å²) in [5, 5.41) is 5.81. The second kappa shape index (κ2) is 5.14. The highest BCUT2D eigenvalue weighted by Gasteiger charge is 2.06. The number of carbonyl (C=O) groups excluding carboxylic acids is 1. The van der Waals surface area contributed by atoms with E-state index in [0.29, 0.717) is 13.0 Å². The number of hydrogen-bond donors (Lipinski definition) is 1. The maximum atomic E-state index is 11.7. The monoisotopic (exact) mass is 249 g/mol. The Labute approximate surface area is 104 Å². The fraction of sp³-hybridized carbons (Fsp3) is 0.333. The highest BCUT2D eigenvalue weighted by atomic mass is 32.1. The molecule has 2 aromatic rings. The molecule has 0 fully saturated rings. The number of carbonyl (C=O) groups is 1. The maximum Gasteiger partial charge on any atom is 0.226 e. The molecular weight excluding hydrogens is 234 g/mol. The molecule has 2 aromatic heterocycles. The summed E-state index contributed by atoms with van der Waals surface area (Å²) in [6.07, 6.45) is 2.32. The molecule has 0 saturated carbocycles. The fourth-order valence-electron chi connectivity index (χ4n) is 1.59. The Hall–Kier alpha value is -1.62. The van der Waals surface area contributed by atoms with Crippen LogP contribution in [0.1, 0.15) is 16.4 Å². The van der Waals surface area contributed by atoms with Crippen molar-refractivity contribution in [2.45, 2.75) is 19.9 Å². The van der Waals surface area contributed by atoms with Gasteiger partial charge in [-0.2, -0.15) is 0 Å². The molecule has 90 valence electrons. The van der Waals surface area contributed by atoms with Crippen molar-refractivity contribution in [3.63, 3.8) is 0 Å². The van der Waals surface area contributed by atoms with E-state index >= 15 is 0 Å². The number of amides is 1. The molecule has 0 atom stereocenters. The van der Waals surface area contributed by atoms with Gasteiger partial charge in [0.05, 0.1) is 23.7 Å². The quantitative estimate of drug-likeness (QED) is 0.895. The molecule has 17 heavy (non-hydrogen) atoms. The first-order valence-electron chi connectivity index (χ1n) is 5.43. The molecule has 2 rings (SSSR count). The van der Waals surface area contributed by atoms with Gasteiger partial charge in [0.25, 0.3) is 0 Å². The fourth-order valence-corrected chi connectivity index (χ4v) is 2.20. The molecule has 1 N–H and O–H groups in total. The van der Waals surface area contributed by atoms with Crippen LogP contribution in [-0.2, 0) is 24.8 Å². The molecule has 1 amide bonds. The second-order valence-corrected chi connectivity index (χ2v) is 4.98. The van der Waals surface area contributed by atoms with Crippen LogP contribution in [0.5, 0.6) is 0 Å². The second-order valence-electron chi connectivity index (χ2n) is 3.92. The Morgan fingerprint density at radius 3 is 3.00 bits per heavy atom. The van der Waals surface area contributed by atoms with E-state index in [1.54, 1.807) is 11.3 Å². The largest absolute Gasteiger partial charge is 0.353 e. The first-order valence-corrected chi connectivity index (χ1v) is 6.31. The van der Waals surface area contributed by atoms with Gasteiger partial charge in [0.1, 0.15) is 0 Å². The zero-order valence-electron chi connectivity index (χ0n) is 9.93. The Morgan fingerprint density at radius 2 is 2.41 bits per heavy atom. The van der Waals surface area contributed by atoms with Gasteiger partial charge in [-0.3, -0.25) is 4.79 Å². The summed E-state index contributed by atoms with van der Waals surface area (Å²) in [4.78, 5) is 15.9. The third-order valence-electron chi connectivity index (χ3n) is 2.53. The Kier molecular flexibility index (Phi) is 3.58. The van der Waals surface area contributed by atoms with Gasteiger partial charge >= 0.3 is 0 Å². The van der Waals surface area contributed by atoms with Crippen molar-refractivity contribution < 1.29 is 4.79 Å². The third-order valence-corrected chi connectivity index (χ3v) is 3.35. The average molecular weight is 249 g/mol. The SMILES string of the molecule is Cc1nc(CC(=O)NCc2cccn2C)cs1. The van der Waals surface area contributed by atoms with Crippen LogP contribution in [0.4, 0.5) is 0 Å². The predicted octanol–water partition coefficient (Wildman–Crippen LogP) is 1.65. The number of rotatable bonds is 4. The van der Waals surface area contributed by atoms with Gasteiger partial charge in [-0.15, -0.1) is 11.3 Å². The summed E-state index contributed by atoms with van der Waals surface area (Å²) in [6.45, 7) is 2.50. The van der Waals surface area contributed by atoms with E-state index in [9.17, 15) is 4.79 Å². The Morgan fingerprint density at radius 1 is 1.59 bits per heavy atom. The van der Waals surface area contributed by atoms with Crippen LogP contribution in [0.3, 0.4) is 0 Å². The normalized spacial score (nSPS) is 10.5. The highest BCUT2D eigenvalue weighted by molar-refractivity contribution is 7.09. The van der Waals surface area contributed by atoms with Gasteiger partial charge in [0.2, 0.25) is 5.91 Å². The van der Waals surface area contributed by atoms with E-state index in [4.69, 9.17) is 0 Å². The first kappa shape index (κ1) is 11.9. The van der Waals surface area contributed by atoms with Crippen LogP contribution in [-0.4, -0.2) is 15.5 Å². The molecule has 0 aliphatic carbocycles. The van der Waals surface area contributed by atoms with E-state index in [-0.39, 0.29) is 5.91 Å². The van der Waals surface area contributed by atoms with Crippen LogP contribution in [0.2, 0.25) is 0 Å². The smallest absolute Gasteiger partial charge is 0.226 e. The molecule has 0 radical (unpaired) electrons. The predicted molar refractivity (Wildman–Crippen MR) is 67.8 cm³/mol. The summed E-state index contributed by atoms with van der Waals surface area (Å²) < 4.78 is 1.99. The number of thiazole rings is 1. The van der Waals surface area contributed by atoms with Crippen molar-refractivity contribution in [3.8, 4) is 0 Å². The van der Waals surface area contributed by atoms with Gasteiger partial charge in [-0.05, 0) is 19.1 Å². The molecule has 2 heterocycles. The molecule has 0 spiro atoms. The van der Waals surface area contributed by atoms with Gasteiger partial charge < -0.3 is 9.88 Å². The zero-order valence-corrected chi connectivity index (χ0v) is 10.8. The van der Waals surface area contributed by atoms with Crippen molar-refractivity contribution in [3.05, 3.63) is 40.1 Å². The number of nitrogens with one attached hydrogen (secondary N) is 1. The molecule has 0 aromatic carbocycles. The Bertz CT molecular complexity index is 515. The van der Waals surface area contributed by atoms with Crippen molar-refractivity contribution in [2.75, 3.05) is 0 Å². The van der Waals surface area contributed by atoms with Crippen LogP contribution in [0.15, 0.2) is 23.7 Å². The molecule has 5 heteroatoms. The summed E-state index contributed by atoms with van der Waals surface area (Å²) in [5.41, 5.74) is 1.93. The van der Waals surface area contributed by atoms with E-state index in [0.717, 1.165) is 16.4 Å². The minimum Gasteiger partial charge on any atom is -0.353 e. The molecule has 0 aliphatic rings. The maximum absolute atomic E-state index is 11.7. The average Bonchev–Trinajstić information content (AvgIpc) is 2.85. The highest BCUT2D eigenvalue weighted by Crippen LogP contribution is 2.08. The van der Waals surface area contributed by atoms with Crippen LogP contribution in [0.25, 0.3) is 0 Å². The number of hydrogen-bond acceptors (Lipinski definition) is 3. The zero-order chi connectivity index (χ0) is 12.3. The van der Waals surface area contributed by atoms with E-state index in [1.807, 2.05) is 42.2 Å².